The Bertz CT molecular complexity index is 1140. The normalized spacial score (nSPS) is 20.0. The molecule has 5 rings (SSSR count). The number of carbonyl (C=O) groups is 2. The van der Waals surface area contributed by atoms with Crippen LogP contribution in [0, 0.1) is 20.8 Å². The van der Waals surface area contributed by atoms with Crippen LogP contribution in [0.15, 0.2) is 48.2 Å². The number of piperazine rings is 1. The van der Waals surface area contributed by atoms with Gasteiger partial charge in [0, 0.05) is 37.9 Å². The Hall–Kier alpha value is -3.08. The number of nitrogens with zero attached hydrogens (tertiary/aromatic N) is 3. The standard InChI is InChI=1S/C29H35N3O2/c1-20-8-7-11-24(19-20)30-14-16-31(17-15-30)27-26(25-13-12-21(2)18-22(25)3)28(33)32(29(27)34)23-9-5-4-6-10-23/h7-8,11-13,18-19,23H,4-6,9-10,14-17H2,1-3H3. The van der Waals surface area contributed by atoms with Crippen molar-refractivity contribution in [2.75, 3.05) is 31.1 Å². The molecule has 5 nitrogen and oxygen atoms in total. The Labute approximate surface area is 203 Å². The maximum absolute atomic E-state index is 13.9. The average Bonchev–Trinajstić information content (AvgIpc) is 3.09. The van der Waals surface area contributed by atoms with Crippen LogP contribution in [0.2, 0.25) is 0 Å². The Balaban J connectivity index is 1.48. The van der Waals surface area contributed by atoms with Gasteiger partial charge in [0.1, 0.15) is 5.70 Å². The molecule has 1 saturated heterocycles. The summed E-state index contributed by atoms with van der Waals surface area (Å²) in [5, 5.41) is 0. The maximum Gasteiger partial charge on any atom is 0.278 e. The minimum absolute atomic E-state index is 0.0283. The zero-order valence-corrected chi connectivity index (χ0v) is 20.6. The van der Waals surface area contributed by atoms with Crippen LogP contribution >= 0.6 is 0 Å². The topological polar surface area (TPSA) is 43.9 Å². The lowest BCUT2D eigenvalue weighted by Gasteiger charge is -2.38. The molecule has 0 atom stereocenters. The molecule has 34 heavy (non-hydrogen) atoms. The summed E-state index contributed by atoms with van der Waals surface area (Å²) in [6, 6.07) is 14.8. The molecule has 0 N–H and O–H groups in total. The van der Waals surface area contributed by atoms with E-state index >= 15 is 0 Å². The molecule has 2 aliphatic heterocycles. The first-order valence-corrected chi connectivity index (χ1v) is 12.7. The van der Waals surface area contributed by atoms with Crippen LogP contribution in [0.25, 0.3) is 5.57 Å². The Morgan fingerprint density at radius 3 is 2.09 bits per heavy atom. The van der Waals surface area contributed by atoms with Gasteiger partial charge in [0.05, 0.1) is 5.57 Å². The van der Waals surface area contributed by atoms with Crippen molar-refractivity contribution in [3.05, 3.63) is 70.4 Å². The van der Waals surface area contributed by atoms with Crippen LogP contribution in [0.5, 0.6) is 0 Å². The summed E-state index contributed by atoms with van der Waals surface area (Å²) < 4.78 is 0. The highest BCUT2D eigenvalue weighted by atomic mass is 16.2. The predicted molar refractivity (Wildman–Crippen MR) is 137 cm³/mol. The van der Waals surface area contributed by atoms with Crippen molar-refractivity contribution in [2.24, 2.45) is 0 Å². The van der Waals surface area contributed by atoms with Crippen molar-refractivity contribution >= 4 is 23.1 Å². The molecule has 0 unspecified atom stereocenters. The van der Waals surface area contributed by atoms with E-state index in [0.29, 0.717) is 11.3 Å². The number of imide groups is 1. The van der Waals surface area contributed by atoms with Crippen molar-refractivity contribution in [3.63, 3.8) is 0 Å². The number of amides is 2. The minimum atomic E-state index is -0.0973. The summed E-state index contributed by atoms with van der Waals surface area (Å²) in [4.78, 5) is 33.9. The van der Waals surface area contributed by atoms with Gasteiger partial charge in [-0.3, -0.25) is 14.5 Å². The minimum Gasteiger partial charge on any atom is -0.368 e. The Kier molecular flexibility index (Phi) is 6.20. The van der Waals surface area contributed by atoms with Crippen LogP contribution in [-0.4, -0.2) is 53.8 Å². The molecule has 2 fully saturated rings. The third-order valence-corrected chi connectivity index (χ3v) is 7.64. The largest absolute Gasteiger partial charge is 0.368 e. The summed E-state index contributed by atoms with van der Waals surface area (Å²) >= 11 is 0. The first-order chi connectivity index (χ1) is 16.4. The molecule has 0 bridgehead atoms. The zero-order chi connectivity index (χ0) is 23.8. The fraction of sp³-hybridized carbons (Fsp3) is 0.448. The summed E-state index contributed by atoms with van der Waals surface area (Å²) in [6.07, 6.45) is 5.21. The van der Waals surface area contributed by atoms with Crippen molar-refractivity contribution in [1.82, 2.24) is 9.80 Å². The van der Waals surface area contributed by atoms with Crippen molar-refractivity contribution in [1.29, 1.82) is 0 Å². The molecule has 2 amide bonds. The fourth-order valence-electron chi connectivity index (χ4n) is 5.85. The lowest BCUT2D eigenvalue weighted by Crippen LogP contribution is -2.48. The summed E-state index contributed by atoms with van der Waals surface area (Å²) in [7, 11) is 0. The molecule has 0 spiro atoms. The quantitative estimate of drug-likeness (QED) is 0.616. The molecule has 0 radical (unpaired) electrons. The van der Waals surface area contributed by atoms with E-state index in [0.717, 1.165) is 68.6 Å². The third kappa shape index (κ3) is 4.13. The molecule has 178 valence electrons. The smallest absolute Gasteiger partial charge is 0.278 e. The van der Waals surface area contributed by atoms with Crippen LogP contribution < -0.4 is 4.90 Å². The number of anilines is 1. The molecule has 2 aromatic rings. The summed E-state index contributed by atoms with van der Waals surface area (Å²) in [5.41, 5.74) is 6.82. The molecule has 1 saturated carbocycles. The highest BCUT2D eigenvalue weighted by Crippen LogP contribution is 2.37. The van der Waals surface area contributed by atoms with Gasteiger partial charge in [-0.15, -0.1) is 0 Å². The Morgan fingerprint density at radius 1 is 0.735 bits per heavy atom. The number of hydrogen-bond acceptors (Lipinski definition) is 4. The predicted octanol–water partition coefficient (Wildman–Crippen LogP) is 4.85. The van der Waals surface area contributed by atoms with E-state index in [1.54, 1.807) is 4.90 Å². The number of aryl methyl sites for hydroxylation is 3. The second kappa shape index (κ2) is 9.28. The van der Waals surface area contributed by atoms with Gasteiger partial charge in [-0.2, -0.15) is 0 Å². The monoisotopic (exact) mass is 457 g/mol. The van der Waals surface area contributed by atoms with Crippen LogP contribution in [0.3, 0.4) is 0 Å². The lowest BCUT2D eigenvalue weighted by molar-refractivity contribution is -0.141. The van der Waals surface area contributed by atoms with E-state index in [4.69, 9.17) is 0 Å². The Morgan fingerprint density at radius 2 is 1.41 bits per heavy atom. The van der Waals surface area contributed by atoms with E-state index in [1.165, 1.54) is 17.7 Å². The van der Waals surface area contributed by atoms with Gasteiger partial charge < -0.3 is 9.80 Å². The molecule has 2 aromatic carbocycles. The van der Waals surface area contributed by atoms with E-state index in [-0.39, 0.29) is 17.9 Å². The molecule has 5 heteroatoms. The van der Waals surface area contributed by atoms with Gasteiger partial charge in [-0.25, -0.2) is 0 Å². The van der Waals surface area contributed by atoms with Crippen molar-refractivity contribution < 1.29 is 9.59 Å². The van der Waals surface area contributed by atoms with E-state index < -0.39 is 0 Å². The zero-order valence-electron chi connectivity index (χ0n) is 20.6. The van der Waals surface area contributed by atoms with Gasteiger partial charge in [-0.05, 0) is 62.4 Å². The lowest BCUT2D eigenvalue weighted by atomic mass is 9.94. The van der Waals surface area contributed by atoms with Gasteiger partial charge >= 0.3 is 0 Å². The molecule has 3 aliphatic rings. The number of carbonyl (C=O) groups excluding carboxylic acids is 2. The number of benzene rings is 2. The molecular weight excluding hydrogens is 422 g/mol. The fourth-order valence-corrected chi connectivity index (χ4v) is 5.85. The van der Waals surface area contributed by atoms with Crippen LogP contribution in [0.4, 0.5) is 5.69 Å². The van der Waals surface area contributed by atoms with Gasteiger partial charge in [0.25, 0.3) is 11.8 Å². The van der Waals surface area contributed by atoms with Crippen molar-refractivity contribution in [3.8, 4) is 0 Å². The SMILES string of the molecule is Cc1cccc(N2CCN(C3=C(c4ccc(C)cc4C)C(=O)N(C4CCCCC4)C3=O)CC2)c1. The number of hydrogen-bond donors (Lipinski definition) is 0. The highest BCUT2D eigenvalue weighted by molar-refractivity contribution is 6.36. The molecule has 0 aromatic heterocycles. The average molecular weight is 458 g/mol. The first-order valence-electron chi connectivity index (χ1n) is 12.7. The first kappa shape index (κ1) is 22.7. The maximum atomic E-state index is 13.9. The van der Waals surface area contributed by atoms with Crippen LogP contribution in [0.1, 0.15) is 54.4 Å². The van der Waals surface area contributed by atoms with Crippen LogP contribution in [-0.2, 0) is 9.59 Å². The van der Waals surface area contributed by atoms with Gasteiger partial charge in [0.15, 0.2) is 0 Å². The third-order valence-electron chi connectivity index (χ3n) is 7.64. The van der Waals surface area contributed by atoms with Crippen molar-refractivity contribution in [2.45, 2.75) is 58.9 Å². The summed E-state index contributed by atoms with van der Waals surface area (Å²) in [5.74, 6) is -0.184. The van der Waals surface area contributed by atoms with E-state index in [9.17, 15) is 9.59 Å². The summed E-state index contributed by atoms with van der Waals surface area (Å²) in [6.45, 7) is 9.35. The van der Waals surface area contributed by atoms with E-state index in [2.05, 4.69) is 54.0 Å². The molecule has 2 heterocycles. The second-order valence-corrected chi connectivity index (χ2v) is 10.1. The molecule has 1 aliphatic carbocycles. The second-order valence-electron chi connectivity index (χ2n) is 10.1. The van der Waals surface area contributed by atoms with Gasteiger partial charge in [0.2, 0.25) is 0 Å². The van der Waals surface area contributed by atoms with Gasteiger partial charge in [-0.1, -0.05) is 55.2 Å². The molecular formula is C29H35N3O2. The van der Waals surface area contributed by atoms with E-state index in [1.807, 2.05) is 19.1 Å². The highest BCUT2D eigenvalue weighted by Gasteiger charge is 2.45. The number of rotatable bonds is 4.